The zero-order valence-electron chi connectivity index (χ0n) is 50.3. The van der Waals surface area contributed by atoms with Crippen LogP contribution in [-0.2, 0) is 62.5 Å². The van der Waals surface area contributed by atoms with Crippen LogP contribution >= 0.6 is 0 Å². The molecule has 17 N–H and O–H groups in total. The number of aromatic hydroxyl groups is 1. The number of nitrogens with two attached hydrogens (primary N) is 4. The summed E-state index contributed by atoms with van der Waals surface area (Å²) in [7, 11) is 1.31. The number of unbranched alkanes of at least 4 members (excludes halogenated alkanes) is 1. The van der Waals surface area contributed by atoms with Gasteiger partial charge in [-0.1, -0.05) is 66.0 Å². The predicted molar refractivity (Wildman–Crippen MR) is 325 cm³/mol. The Hall–Kier alpha value is -9.15. The van der Waals surface area contributed by atoms with Crippen molar-refractivity contribution < 1.29 is 48.3 Å². The largest absolute Gasteiger partial charge is 0.508 e. The summed E-state index contributed by atoms with van der Waals surface area (Å²) in [5, 5.41) is 28.8. The lowest BCUT2D eigenvalue weighted by atomic mass is 9.98. The Morgan fingerprint density at radius 1 is 0.724 bits per heavy atom. The number of hydrogen-bond acceptors (Lipinski definition) is 16. The van der Waals surface area contributed by atoms with Crippen LogP contribution in [0.5, 0.6) is 5.75 Å². The molecular weight excluding hydrogens is 1120 g/mol. The molecule has 474 valence electrons. The Kier molecular flexibility index (Phi) is 26.4. The molecule has 4 aromatic rings. The van der Waals surface area contributed by atoms with Gasteiger partial charge in [-0.05, 0) is 73.4 Å². The molecule has 1 aliphatic heterocycles. The van der Waals surface area contributed by atoms with E-state index in [2.05, 4.69) is 57.2 Å². The van der Waals surface area contributed by atoms with Gasteiger partial charge >= 0.3 is 0 Å². The van der Waals surface area contributed by atoms with E-state index in [0.717, 1.165) is 17.4 Å². The molecule has 5 rings (SSSR count). The van der Waals surface area contributed by atoms with Crippen LogP contribution in [0.1, 0.15) is 97.2 Å². The first-order chi connectivity index (χ1) is 41.4. The number of phenols is 1. The summed E-state index contributed by atoms with van der Waals surface area (Å²) in [6.07, 6.45) is 5.98. The number of aliphatic imine (C=N–C) groups is 1. The fraction of sp³-hybridized carbons (Fsp3) is 0.534. The van der Waals surface area contributed by atoms with Crippen molar-refractivity contribution in [2.45, 2.75) is 148 Å². The molecule has 1 saturated heterocycles. The van der Waals surface area contributed by atoms with Crippen LogP contribution in [0.2, 0.25) is 0 Å². The van der Waals surface area contributed by atoms with Gasteiger partial charge in [0.1, 0.15) is 48.5 Å². The summed E-state index contributed by atoms with van der Waals surface area (Å²) >= 11 is 0. The number of carbonyl (C=O) groups excluding carboxylic acids is 9. The third-order valence-electron chi connectivity index (χ3n) is 14.9. The number of amides is 9. The second-order valence-electron chi connectivity index (χ2n) is 22.2. The maximum atomic E-state index is 14.6. The van der Waals surface area contributed by atoms with Gasteiger partial charge in [-0.3, -0.25) is 57.5 Å². The third kappa shape index (κ3) is 21.1. The smallest absolute Gasteiger partial charge is 0.261 e. The minimum atomic E-state index is -1.46. The van der Waals surface area contributed by atoms with Crippen LogP contribution < -0.4 is 70.6 Å². The van der Waals surface area contributed by atoms with Crippen molar-refractivity contribution in [1.29, 1.82) is 0 Å². The molecule has 0 spiro atoms. The van der Waals surface area contributed by atoms with Crippen molar-refractivity contribution in [2.24, 2.45) is 39.8 Å². The fourth-order valence-electron chi connectivity index (χ4n) is 9.75. The molecule has 29 heteroatoms. The van der Waals surface area contributed by atoms with Gasteiger partial charge in [0, 0.05) is 70.2 Å². The molecule has 1 aliphatic rings. The molecular formula is C58H86N18O11. The predicted octanol–water partition coefficient (Wildman–Crippen LogP) is -1.85. The van der Waals surface area contributed by atoms with Crippen LogP contribution in [0.3, 0.4) is 0 Å². The molecule has 87 heavy (non-hydrogen) atoms. The second kappa shape index (κ2) is 33.5. The van der Waals surface area contributed by atoms with Crippen LogP contribution in [0.25, 0.3) is 10.9 Å². The molecule has 0 unspecified atom stereocenters. The number of piperazine rings is 1. The van der Waals surface area contributed by atoms with Gasteiger partial charge in [-0.15, -0.1) is 0 Å². The van der Waals surface area contributed by atoms with Crippen molar-refractivity contribution in [3.05, 3.63) is 82.9 Å². The van der Waals surface area contributed by atoms with E-state index in [1.165, 1.54) is 50.2 Å². The lowest BCUT2D eigenvalue weighted by Crippen LogP contribution is -2.60. The number of guanidine groups is 1. The van der Waals surface area contributed by atoms with Gasteiger partial charge in [0.25, 0.3) is 5.56 Å². The summed E-state index contributed by atoms with van der Waals surface area (Å²) < 4.78 is 1.09. The highest BCUT2D eigenvalue weighted by Gasteiger charge is 2.35. The van der Waals surface area contributed by atoms with Crippen molar-refractivity contribution in [1.82, 2.24) is 61.6 Å². The van der Waals surface area contributed by atoms with E-state index in [0.29, 0.717) is 61.5 Å². The lowest BCUT2D eigenvalue weighted by molar-refractivity contribution is -0.137. The maximum absolute atomic E-state index is 14.6. The molecule has 0 aliphatic carbocycles. The second-order valence-corrected chi connectivity index (χ2v) is 22.2. The summed E-state index contributed by atoms with van der Waals surface area (Å²) in [4.78, 5) is 156. The van der Waals surface area contributed by atoms with E-state index in [1.807, 2.05) is 31.7 Å². The van der Waals surface area contributed by atoms with Gasteiger partial charge in [0.2, 0.25) is 53.2 Å². The first-order valence-electron chi connectivity index (χ1n) is 29.3. The number of H-pyrrole nitrogens is 1. The standard InChI is InChI=1S/C58H86N18O11/c1-7-9-11-42(69-55(85)49(60)34(5)8-2)57(87)75-22-20-74(21-23-75)37-15-18-40-39(27-37)56(86)76(32-67-40)30-48(79)68-41(12-10-19-65-58(61)62)51(81)72-45(26-36-29-64-31-66-36)54(84)71-44(25-35-13-16-38(77)17-14-35)53(83)70-43(24-33(3)4)52(82)73-46(28-47(59)78)50(80)63-6/h13-18,27,29,31-34,41-46,49,77H,7-12,19-26,28,30,60H2,1-6H3,(H2,59,78)(H,63,80)(H,64,66)(H,68,79)(H,69,85)(H,70,83)(H,71,84)(H,72,81)(H,73,82)(H4,61,62,65)/t34-,41-,42-,43-,44-,45-,46-,49-/m0/s1. The van der Waals surface area contributed by atoms with Gasteiger partial charge in [-0.2, -0.15) is 0 Å². The highest BCUT2D eigenvalue weighted by atomic mass is 16.3. The van der Waals surface area contributed by atoms with Gasteiger partial charge in [0.15, 0.2) is 5.96 Å². The van der Waals surface area contributed by atoms with E-state index in [-0.39, 0.29) is 79.4 Å². The molecule has 2 aromatic heterocycles. The first-order valence-corrected chi connectivity index (χ1v) is 29.3. The van der Waals surface area contributed by atoms with Crippen LogP contribution in [0, 0.1) is 11.8 Å². The van der Waals surface area contributed by atoms with E-state index >= 15 is 0 Å². The number of hydrogen-bond donors (Lipinski definition) is 13. The van der Waals surface area contributed by atoms with Crippen LogP contribution in [0.4, 0.5) is 5.69 Å². The molecule has 2 aromatic carbocycles. The number of nitrogens with zero attached hydrogens (tertiary/aromatic N) is 6. The molecule has 0 bridgehead atoms. The molecule has 0 radical (unpaired) electrons. The van der Waals surface area contributed by atoms with Crippen molar-refractivity contribution in [2.75, 3.05) is 44.7 Å². The lowest BCUT2D eigenvalue weighted by Gasteiger charge is -2.38. The zero-order valence-corrected chi connectivity index (χ0v) is 50.3. The molecule has 0 saturated carbocycles. The molecule has 29 nitrogen and oxygen atoms in total. The van der Waals surface area contributed by atoms with E-state index < -0.39 is 102 Å². The Labute approximate surface area is 504 Å². The topological polar surface area (TPSA) is 445 Å². The van der Waals surface area contributed by atoms with Gasteiger partial charge in [0.05, 0.1) is 36.0 Å². The Morgan fingerprint density at radius 2 is 1.33 bits per heavy atom. The zero-order chi connectivity index (χ0) is 63.9. The molecule has 9 amide bonds. The van der Waals surface area contributed by atoms with E-state index in [9.17, 15) is 53.1 Å². The van der Waals surface area contributed by atoms with Gasteiger partial charge in [-0.25, -0.2) is 9.97 Å². The fourth-order valence-corrected chi connectivity index (χ4v) is 9.75. The number of fused-ring (bicyclic) bond motifs is 1. The normalized spacial score (nSPS) is 15.1. The molecule has 3 heterocycles. The van der Waals surface area contributed by atoms with Gasteiger partial charge < -0.3 is 80.0 Å². The van der Waals surface area contributed by atoms with Crippen molar-refractivity contribution in [3.8, 4) is 5.75 Å². The highest BCUT2D eigenvalue weighted by Crippen LogP contribution is 2.22. The number of aromatic nitrogens is 4. The van der Waals surface area contributed by atoms with Crippen LogP contribution in [0.15, 0.2) is 71.1 Å². The number of rotatable bonds is 33. The summed E-state index contributed by atoms with van der Waals surface area (Å²) in [5.41, 5.74) is 24.0. The third-order valence-corrected chi connectivity index (χ3v) is 14.9. The minimum Gasteiger partial charge on any atom is -0.508 e. The number of likely N-dealkylation sites (N-methyl/N-ethyl adjacent to an activating group) is 1. The average molecular weight is 1210 g/mol. The average Bonchev–Trinajstić information content (AvgIpc) is 2.69. The first kappa shape index (κ1) is 68.6. The van der Waals surface area contributed by atoms with Crippen molar-refractivity contribution in [3.63, 3.8) is 0 Å². The van der Waals surface area contributed by atoms with Crippen LogP contribution in [-0.4, -0.2) is 171 Å². The number of imidazole rings is 1. The minimum absolute atomic E-state index is 0.0502. The summed E-state index contributed by atoms with van der Waals surface area (Å²) in [6, 6.07) is 2.60. The quantitative estimate of drug-likeness (QED) is 0.0141. The Bertz CT molecular complexity index is 3090. The highest BCUT2D eigenvalue weighted by molar-refractivity contribution is 5.97. The Morgan fingerprint density at radius 3 is 1.93 bits per heavy atom. The number of primary amides is 1. The summed E-state index contributed by atoms with van der Waals surface area (Å²) in [5.74, 6) is -6.81. The number of benzene rings is 2. The van der Waals surface area contributed by atoms with Crippen molar-refractivity contribution >= 4 is 75.7 Å². The Balaban J connectivity index is 1.35. The number of phenolic OH excluding ortho intramolecular Hbond substituents is 1. The molecule has 8 atom stereocenters. The number of aromatic amines is 1. The monoisotopic (exact) mass is 1210 g/mol. The SMILES string of the molecule is CCCC[C@H](NC(=O)[C@@H](N)[C@@H](C)CC)C(=O)N1CCN(c2ccc3ncn(CC(=O)N[C@@H](CCCN=C(N)N)C(=O)N[C@@H](Cc4cnc[nH]4)C(=O)N[C@@H](Cc4ccc(O)cc4)C(=O)N[C@@H](CC(C)C)C(=O)N[C@@H](CC(N)=O)C(=O)NC)c(=O)c3c2)CC1. The maximum Gasteiger partial charge on any atom is 0.261 e. The number of carbonyl (C=O) groups is 9. The summed E-state index contributed by atoms with van der Waals surface area (Å²) in [6.45, 7) is 10.5. The number of anilines is 1. The van der Waals surface area contributed by atoms with E-state index in [4.69, 9.17) is 22.9 Å². The van der Waals surface area contributed by atoms with E-state index in [1.54, 1.807) is 30.9 Å². The number of nitrogens with one attached hydrogen (secondary N) is 8. The molecule has 1 fully saturated rings.